The first kappa shape index (κ1) is 12.5. The third-order valence-electron chi connectivity index (χ3n) is 3.43. The first-order chi connectivity index (χ1) is 9.66. The molecule has 0 bridgehead atoms. The molecule has 0 fully saturated rings. The van der Waals surface area contributed by atoms with E-state index >= 15 is 0 Å². The molecule has 0 saturated heterocycles. The average molecular weight is 267 g/mol. The van der Waals surface area contributed by atoms with Crippen molar-refractivity contribution < 1.29 is 0 Å². The summed E-state index contributed by atoms with van der Waals surface area (Å²) in [6.45, 7) is 2.57. The Bertz CT molecular complexity index is 755. The van der Waals surface area contributed by atoms with Crippen molar-refractivity contribution in [2.75, 3.05) is 11.1 Å². The van der Waals surface area contributed by atoms with E-state index in [9.17, 15) is 0 Å². The van der Waals surface area contributed by atoms with Crippen molar-refractivity contribution in [1.29, 1.82) is 0 Å². The van der Waals surface area contributed by atoms with Crippen LogP contribution in [0.1, 0.15) is 11.3 Å². The van der Waals surface area contributed by atoms with Gasteiger partial charge < -0.3 is 11.1 Å². The number of benzene rings is 1. The fraction of sp³-hybridized carbons (Fsp3) is 0.200. The summed E-state index contributed by atoms with van der Waals surface area (Å²) >= 11 is 0. The van der Waals surface area contributed by atoms with Crippen molar-refractivity contribution in [1.82, 2.24) is 14.8 Å². The molecule has 5 nitrogen and oxygen atoms in total. The number of anilines is 2. The highest BCUT2D eigenvalue weighted by atomic mass is 15.3. The number of nitrogens with two attached hydrogens (primary N) is 1. The molecule has 102 valence electrons. The number of hydrogen-bond donors (Lipinski definition) is 2. The summed E-state index contributed by atoms with van der Waals surface area (Å²) in [7, 11) is 1.88. The molecule has 0 spiro atoms. The van der Waals surface area contributed by atoms with Crippen molar-refractivity contribution in [3.05, 3.63) is 47.8 Å². The van der Waals surface area contributed by atoms with Gasteiger partial charge in [-0.3, -0.25) is 9.67 Å². The summed E-state index contributed by atoms with van der Waals surface area (Å²) in [5.74, 6) is 0.843. The number of nitrogen functional groups attached to an aromatic ring is 1. The summed E-state index contributed by atoms with van der Waals surface area (Å²) in [6.07, 6.45) is 1.81. The molecule has 1 aromatic carbocycles. The predicted octanol–water partition coefficient (Wildman–Crippen LogP) is 2.47. The smallest absolute Gasteiger partial charge is 0.148 e. The van der Waals surface area contributed by atoms with Crippen LogP contribution in [0, 0.1) is 6.92 Å². The van der Waals surface area contributed by atoms with Crippen LogP contribution >= 0.6 is 0 Å². The number of aryl methyl sites for hydroxylation is 2. The van der Waals surface area contributed by atoms with Crippen LogP contribution < -0.4 is 11.1 Å². The van der Waals surface area contributed by atoms with Crippen LogP contribution in [0.5, 0.6) is 0 Å². The van der Waals surface area contributed by atoms with E-state index in [-0.39, 0.29) is 0 Å². The van der Waals surface area contributed by atoms with E-state index in [1.807, 2.05) is 32.3 Å². The molecule has 0 aliphatic heterocycles. The van der Waals surface area contributed by atoms with E-state index in [0.29, 0.717) is 12.2 Å². The summed E-state index contributed by atoms with van der Waals surface area (Å²) in [5, 5.41) is 8.78. The Balaban J connectivity index is 1.91. The van der Waals surface area contributed by atoms with Gasteiger partial charge >= 0.3 is 0 Å². The maximum absolute atomic E-state index is 6.02. The number of pyridine rings is 1. The highest BCUT2D eigenvalue weighted by Crippen LogP contribution is 2.23. The Morgan fingerprint density at radius 3 is 2.80 bits per heavy atom. The lowest BCUT2D eigenvalue weighted by Gasteiger charge is -2.09. The lowest BCUT2D eigenvalue weighted by molar-refractivity contribution is 0.758. The minimum Gasteiger partial charge on any atom is -0.394 e. The van der Waals surface area contributed by atoms with Gasteiger partial charge in [-0.05, 0) is 18.6 Å². The number of nitrogens with zero attached hydrogens (tertiary/aromatic N) is 3. The molecule has 3 rings (SSSR count). The quantitative estimate of drug-likeness (QED) is 0.765. The van der Waals surface area contributed by atoms with Gasteiger partial charge in [0.1, 0.15) is 5.82 Å². The standard InChI is InChI=1S/C15H17N5/c1-10-13(16)15(20(2)19-10)18-9-12-6-3-5-11-7-4-8-17-14(11)12/h3-8,18H,9,16H2,1-2H3. The number of aromatic nitrogens is 3. The van der Waals surface area contributed by atoms with Crippen LogP contribution in [0.3, 0.4) is 0 Å². The topological polar surface area (TPSA) is 68.8 Å². The SMILES string of the molecule is Cc1nn(C)c(NCc2cccc3cccnc23)c1N. The first-order valence-electron chi connectivity index (χ1n) is 6.52. The Morgan fingerprint density at radius 2 is 2.05 bits per heavy atom. The van der Waals surface area contributed by atoms with E-state index in [0.717, 1.165) is 28.0 Å². The molecule has 3 N–H and O–H groups in total. The molecule has 5 heteroatoms. The van der Waals surface area contributed by atoms with Crippen LogP contribution in [0.4, 0.5) is 11.5 Å². The first-order valence-corrected chi connectivity index (χ1v) is 6.52. The summed E-state index contributed by atoms with van der Waals surface area (Å²) in [5.41, 5.74) is 9.71. The van der Waals surface area contributed by atoms with E-state index in [1.54, 1.807) is 4.68 Å². The van der Waals surface area contributed by atoms with Gasteiger partial charge in [-0.1, -0.05) is 24.3 Å². The van der Waals surface area contributed by atoms with Gasteiger partial charge in [0.25, 0.3) is 0 Å². The molecule has 0 aliphatic carbocycles. The van der Waals surface area contributed by atoms with Gasteiger partial charge in [0.05, 0.1) is 16.9 Å². The highest BCUT2D eigenvalue weighted by Gasteiger charge is 2.10. The van der Waals surface area contributed by atoms with Crippen molar-refractivity contribution in [2.45, 2.75) is 13.5 Å². The Kier molecular flexibility index (Phi) is 3.02. The number of rotatable bonds is 3. The molecule has 0 atom stereocenters. The van der Waals surface area contributed by atoms with Gasteiger partial charge in [-0.15, -0.1) is 0 Å². The van der Waals surface area contributed by atoms with Crippen molar-refractivity contribution in [2.24, 2.45) is 7.05 Å². The minimum atomic E-state index is 0.664. The number of hydrogen-bond acceptors (Lipinski definition) is 4. The van der Waals surface area contributed by atoms with E-state index in [2.05, 4.69) is 33.6 Å². The van der Waals surface area contributed by atoms with Gasteiger partial charge in [-0.2, -0.15) is 5.10 Å². The van der Waals surface area contributed by atoms with E-state index in [4.69, 9.17) is 5.73 Å². The van der Waals surface area contributed by atoms with Crippen LogP contribution in [0.25, 0.3) is 10.9 Å². The molecule has 0 saturated carbocycles. The molecule has 20 heavy (non-hydrogen) atoms. The maximum atomic E-state index is 6.02. The summed E-state index contributed by atoms with van der Waals surface area (Å²) in [6, 6.07) is 10.2. The molecule has 3 aromatic rings. The maximum Gasteiger partial charge on any atom is 0.148 e. The monoisotopic (exact) mass is 267 g/mol. The van der Waals surface area contributed by atoms with Gasteiger partial charge in [0.15, 0.2) is 0 Å². The van der Waals surface area contributed by atoms with Gasteiger partial charge in [0, 0.05) is 25.2 Å². The Hall–Kier alpha value is -2.56. The lowest BCUT2D eigenvalue weighted by atomic mass is 10.1. The normalized spacial score (nSPS) is 10.9. The second kappa shape index (κ2) is 4.85. The highest BCUT2D eigenvalue weighted by molar-refractivity contribution is 5.81. The van der Waals surface area contributed by atoms with Crippen molar-refractivity contribution in [3.63, 3.8) is 0 Å². The molecular formula is C15H17N5. The molecule has 0 aliphatic rings. The molecule has 2 heterocycles. The van der Waals surface area contributed by atoms with Crippen LogP contribution in [0.15, 0.2) is 36.5 Å². The summed E-state index contributed by atoms with van der Waals surface area (Å²) < 4.78 is 1.77. The minimum absolute atomic E-state index is 0.664. The summed E-state index contributed by atoms with van der Waals surface area (Å²) in [4.78, 5) is 4.45. The van der Waals surface area contributed by atoms with Crippen molar-refractivity contribution >= 4 is 22.4 Å². The zero-order valence-corrected chi connectivity index (χ0v) is 11.6. The Morgan fingerprint density at radius 1 is 1.25 bits per heavy atom. The largest absolute Gasteiger partial charge is 0.394 e. The van der Waals surface area contributed by atoms with Crippen LogP contribution in [-0.4, -0.2) is 14.8 Å². The van der Waals surface area contributed by atoms with Gasteiger partial charge in [-0.25, -0.2) is 0 Å². The van der Waals surface area contributed by atoms with Crippen molar-refractivity contribution in [3.8, 4) is 0 Å². The average Bonchev–Trinajstić information content (AvgIpc) is 2.70. The molecule has 0 radical (unpaired) electrons. The molecule has 0 amide bonds. The second-order valence-corrected chi connectivity index (χ2v) is 4.82. The van der Waals surface area contributed by atoms with Gasteiger partial charge in [0.2, 0.25) is 0 Å². The zero-order valence-electron chi connectivity index (χ0n) is 11.6. The zero-order chi connectivity index (χ0) is 14.1. The fourth-order valence-corrected chi connectivity index (χ4v) is 2.37. The molecular weight excluding hydrogens is 250 g/mol. The lowest BCUT2D eigenvalue weighted by Crippen LogP contribution is -2.07. The predicted molar refractivity (Wildman–Crippen MR) is 81.4 cm³/mol. The Labute approximate surface area is 117 Å². The second-order valence-electron chi connectivity index (χ2n) is 4.82. The van der Waals surface area contributed by atoms with E-state index < -0.39 is 0 Å². The fourth-order valence-electron chi connectivity index (χ4n) is 2.37. The third kappa shape index (κ3) is 2.07. The number of fused-ring (bicyclic) bond motifs is 1. The number of nitrogens with one attached hydrogen (secondary N) is 1. The van der Waals surface area contributed by atoms with Crippen LogP contribution in [0.2, 0.25) is 0 Å². The molecule has 0 unspecified atom stereocenters. The van der Waals surface area contributed by atoms with E-state index in [1.165, 1.54) is 0 Å². The third-order valence-corrected chi connectivity index (χ3v) is 3.43. The number of para-hydroxylation sites is 1. The van der Waals surface area contributed by atoms with Crippen LogP contribution in [-0.2, 0) is 13.6 Å². The molecule has 2 aromatic heterocycles.